The van der Waals surface area contributed by atoms with Crippen LogP contribution in [0.4, 0.5) is 0 Å². The second kappa shape index (κ2) is 5.17. The van der Waals surface area contributed by atoms with Gasteiger partial charge in [-0.25, -0.2) is 0 Å². The first-order valence-electron chi connectivity index (χ1n) is 3.08. The summed E-state index contributed by atoms with van der Waals surface area (Å²) in [6.07, 6.45) is 0.313. The Hall–Kier alpha value is -0.640. The van der Waals surface area contributed by atoms with Gasteiger partial charge >= 0.3 is 11.2 Å². The van der Waals surface area contributed by atoms with E-state index in [0.717, 1.165) is 0 Å². The zero-order valence-electron chi connectivity index (χ0n) is 6.05. The van der Waals surface area contributed by atoms with Gasteiger partial charge in [-0.2, -0.15) is 0 Å². The fourth-order valence-electron chi connectivity index (χ4n) is 0.312. The van der Waals surface area contributed by atoms with Crippen LogP contribution in [0.1, 0.15) is 20.3 Å². The molecular formula is C6H10O3S. The van der Waals surface area contributed by atoms with E-state index in [1.807, 2.05) is 0 Å². The summed E-state index contributed by atoms with van der Waals surface area (Å²) in [5.74, 6) is -0.363. The fourth-order valence-corrected chi connectivity index (χ4v) is 0.523. The van der Waals surface area contributed by atoms with Crippen molar-refractivity contribution in [1.82, 2.24) is 0 Å². The summed E-state index contributed by atoms with van der Waals surface area (Å²) in [7, 11) is 0. The van der Waals surface area contributed by atoms with Crippen LogP contribution in [0.3, 0.4) is 0 Å². The molecule has 0 radical (unpaired) electrons. The third kappa shape index (κ3) is 4.26. The molecule has 0 saturated heterocycles. The van der Waals surface area contributed by atoms with Gasteiger partial charge < -0.3 is 9.47 Å². The molecule has 0 amide bonds. The Bertz CT molecular complexity index is 133. The zero-order chi connectivity index (χ0) is 7.98. The van der Waals surface area contributed by atoms with Crippen LogP contribution >= 0.6 is 12.2 Å². The molecule has 0 atom stereocenters. The van der Waals surface area contributed by atoms with Gasteiger partial charge in [-0.05, 0) is 6.92 Å². The first kappa shape index (κ1) is 9.36. The molecule has 0 aromatic heterocycles. The predicted molar refractivity (Wildman–Crippen MR) is 40.6 cm³/mol. The van der Waals surface area contributed by atoms with Crippen LogP contribution in [-0.2, 0) is 14.3 Å². The fraction of sp³-hybridized carbons (Fsp3) is 0.667. The Morgan fingerprint density at radius 1 is 1.50 bits per heavy atom. The second-order valence-corrected chi connectivity index (χ2v) is 1.84. The zero-order valence-corrected chi connectivity index (χ0v) is 6.86. The van der Waals surface area contributed by atoms with E-state index in [1.165, 1.54) is 0 Å². The molecule has 4 heteroatoms. The lowest BCUT2D eigenvalue weighted by Crippen LogP contribution is -2.12. The van der Waals surface area contributed by atoms with Gasteiger partial charge in [0.25, 0.3) is 0 Å². The van der Waals surface area contributed by atoms with E-state index >= 15 is 0 Å². The third-order valence-electron chi connectivity index (χ3n) is 0.748. The summed E-state index contributed by atoms with van der Waals surface area (Å²) in [4.78, 5) is 10.5. The Kier molecular flexibility index (Phi) is 4.84. The average Bonchev–Trinajstić information content (AvgIpc) is 1.88. The largest absolute Gasteiger partial charge is 0.457 e. The molecule has 0 heterocycles. The number of carbonyl (C=O) groups excluding carboxylic acids is 1. The van der Waals surface area contributed by atoms with Crippen molar-refractivity contribution < 1.29 is 14.3 Å². The molecule has 0 aromatic carbocycles. The lowest BCUT2D eigenvalue weighted by Gasteiger charge is -2.02. The molecule has 0 rings (SSSR count). The van der Waals surface area contributed by atoms with Crippen molar-refractivity contribution in [1.29, 1.82) is 0 Å². The molecule has 0 aromatic rings. The molecule has 0 saturated carbocycles. The molecule has 10 heavy (non-hydrogen) atoms. The molecule has 0 aliphatic heterocycles. The van der Waals surface area contributed by atoms with Crippen LogP contribution in [0.2, 0.25) is 0 Å². The number of ether oxygens (including phenoxy) is 2. The van der Waals surface area contributed by atoms with Crippen LogP contribution in [0.15, 0.2) is 0 Å². The number of thiocarbonyl (C=S) groups is 1. The smallest absolute Gasteiger partial charge is 0.360 e. The molecule has 0 bridgehead atoms. The van der Waals surface area contributed by atoms with Crippen LogP contribution in [-0.4, -0.2) is 17.8 Å². The highest BCUT2D eigenvalue weighted by molar-refractivity contribution is 7.79. The number of esters is 1. The van der Waals surface area contributed by atoms with E-state index in [1.54, 1.807) is 13.8 Å². The lowest BCUT2D eigenvalue weighted by molar-refractivity contribution is -0.136. The van der Waals surface area contributed by atoms with Gasteiger partial charge in [0, 0.05) is 18.6 Å². The summed E-state index contributed by atoms with van der Waals surface area (Å²) < 4.78 is 9.21. The first-order valence-corrected chi connectivity index (χ1v) is 3.49. The molecule has 0 aliphatic carbocycles. The number of rotatable bonds is 2. The van der Waals surface area contributed by atoms with Crippen molar-refractivity contribution in [2.24, 2.45) is 0 Å². The van der Waals surface area contributed by atoms with Crippen molar-refractivity contribution in [2.75, 3.05) is 6.61 Å². The number of hydrogen-bond acceptors (Lipinski definition) is 4. The van der Waals surface area contributed by atoms with Crippen molar-refractivity contribution in [3.8, 4) is 0 Å². The molecule has 58 valence electrons. The third-order valence-corrected chi connectivity index (χ3v) is 0.949. The van der Waals surface area contributed by atoms with Crippen LogP contribution in [0.5, 0.6) is 0 Å². The maximum atomic E-state index is 10.5. The van der Waals surface area contributed by atoms with Crippen molar-refractivity contribution >= 4 is 23.4 Å². The Labute approximate surface area is 65.3 Å². The second-order valence-electron chi connectivity index (χ2n) is 1.51. The Balaban J connectivity index is 3.47. The topological polar surface area (TPSA) is 35.5 Å². The van der Waals surface area contributed by atoms with Crippen LogP contribution in [0.25, 0.3) is 0 Å². The summed E-state index contributed by atoms with van der Waals surface area (Å²) in [6, 6.07) is 0. The van der Waals surface area contributed by atoms with Crippen molar-refractivity contribution in [3.05, 3.63) is 0 Å². The van der Waals surface area contributed by atoms with Gasteiger partial charge in [-0.1, -0.05) is 6.92 Å². The Morgan fingerprint density at radius 3 is 2.50 bits per heavy atom. The van der Waals surface area contributed by atoms with E-state index < -0.39 is 0 Å². The molecule has 3 nitrogen and oxygen atoms in total. The van der Waals surface area contributed by atoms with E-state index in [4.69, 9.17) is 4.74 Å². The molecule has 0 unspecified atom stereocenters. The van der Waals surface area contributed by atoms with Gasteiger partial charge in [0.2, 0.25) is 0 Å². The highest BCUT2D eigenvalue weighted by Gasteiger charge is 2.02. The minimum absolute atomic E-state index is 0.0886. The van der Waals surface area contributed by atoms with Crippen LogP contribution < -0.4 is 0 Å². The van der Waals surface area contributed by atoms with Gasteiger partial charge in [0.1, 0.15) is 0 Å². The predicted octanol–water partition coefficient (Wildman–Crippen LogP) is 1.26. The molecule has 0 aliphatic rings. The van der Waals surface area contributed by atoms with Crippen LogP contribution in [0, 0.1) is 0 Å². The van der Waals surface area contributed by atoms with Gasteiger partial charge in [-0.3, -0.25) is 4.79 Å². The monoisotopic (exact) mass is 162 g/mol. The molecule has 0 spiro atoms. The summed E-state index contributed by atoms with van der Waals surface area (Å²) in [5, 5.41) is -0.0886. The lowest BCUT2D eigenvalue weighted by atomic mass is 10.5. The van der Waals surface area contributed by atoms with Gasteiger partial charge in [0.15, 0.2) is 0 Å². The minimum atomic E-state index is -0.363. The summed E-state index contributed by atoms with van der Waals surface area (Å²) in [5.41, 5.74) is 0. The molecular weight excluding hydrogens is 152 g/mol. The van der Waals surface area contributed by atoms with E-state index in [9.17, 15) is 4.79 Å². The van der Waals surface area contributed by atoms with Gasteiger partial charge in [-0.15, -0.1) is 0 Å². The number of hydrogen-bond donors (Lipinski definition) is 0. The first-order chi connectivity index (χ1) is 4.70. The highest BCUT2D eigenvalue weighted by Crippen LogP contribution is 1.89. The Morgan fingerprint density at radius 2 is 2.10 bits per heavy atom. The highest BCUT2D eigenvalue weighted by atomic mass is 32.1. The normalized spacial score (nSPS) is 8.60. The molecule has 0 N–H and O–H groups in total. The van der Waals surface area contributed by atoms with E-state index in [0.29, 0.717) is 13.0 Å². The summed E-state index contributed by atoms with van der Waals surface area (Å²) in [6.45, 7) is 3.89. The summed E-state index contributed by atoms with van der Waals surface area (Å²) >= 11 is 4.53. The number of carbonyl (C=O) groups is 1. The van der Waals surface area contributed by atoms with Gasteiger partial charge in [0.05, 0.1) is 6.61 Å². The maximum absolute atomic E-state index is 10.5. The maximum Gasteiger partial charge on any atom is 0.360 e. The SMILES string of the molecule is CCOC(=S)OC(=O)CC. The van der Waals surface area contributed by atoms with Crippen molar-refractivity contribution in [3.63, 3.8) is 0 Å². The van der Waals surface area contributed by atoms with E-state index in [2.05, 4.69) is 17.0 Å². The van der Waals surface area contributed by atoms with Crippen molar-refractivity contribution in [2.45, 2.75) is 20.3 Å². The molecule has 0 fully saturated rings. The standard InChI is InChI=1S/C6H10O3S/c1-3-5(7)9-6(10)8-4-2/h3-4H2,1-2H3. The van der Waals surface area contributed by atoms with E-state index in [-0.39, 0.29) is 11.2 Å². The average molecular weight is 162 g/mol. The minimum Gasteiger partial charge on any atom is -0.457 e. The quantitative estimate of drug-likeness (QED) is 0.452.